The summed E-state index contributed by atoms with van der Waals surface area (Å²) in [7, 11) is 0. The highest BCUT2D eigenvalue weighted by atomic mass is 19.4. The van der Waals surface area contributed by atoms with E-state index in [0.717, 1.165) is 12.1 Å². The normalized spacial score (nSPS) is 13.8. The quantitative estimate of drug-likeness (QED) is 0.748. The first-order chi connectivity index (χ1) is 7.36. The lowest BCUT2D eigenvalue weighted by atomic mass is 10.0. The number of halogens is 3. The summed E-state index contributed by atoms with van der Waals surface area (Å²) in [6.07, 6.45) is -4.31. The van der Waals surface area contributed by atoms with Gasteiger partial charge in [0.1, 0.15) is 5.75 Å². The molecule has 3 nitrogen and oxygen atoms in total. The van der Waals surface area contributed by atoms with Gasteiger partial charge < -0.3 is 15.9 Å². The van der Waals surface area contributed by atoms with Gasteiger partial charge in [0.05, 0.1) is 5.56 Å². The van der Waals surface area contributed by atoms with Crippen molar-refractivity contribution in [3.8, 4) is 5.75 Å². The van der Waals surface area contributed by atoms with Crippen molar-refractivity contribution in [3.05, 3.63) is 29.3 Å². The van der Waals surface area contributed by atoms with Gasteiger partial charge in [-0.1, -0.05) is 6.07 Å². The summed E-state index contributed by atoms with van der Waals surface area (Å²) in [5, 5.41) is 18.0. The molecule has 0 heterocycles. The van der Waals surface area contributed by atoms with Crippen LogP contribution in [0.25, 0.3) is 0 Å². The van der Waals surface area contributed by atoms with E-state index in [1.807, 2.05) is 0 Å². The fourth-order valence-electron chi connectivity index (χ4n) is 1.33. The maximum absolute atomic E-state index is 12.3. The Labute approximate surface area is 90.3 Å². The largest absolute Gasteiger partial charge is 0.508 e. The number of hydrogen-bond acceptors (Lipinski definition) is 3. The molecule has 0 saturated heterocycles. The molecule has 0 saturated carbocycles. The zero-order chi connectivity index (χ0) is 12.3. The Morgan fingerprint density at radius 1 is 1.31 bits per heavy atom. The van der Waals surface area contributed by atoms with E-state index in [0.29, 0.717) is 6.07 Å². The van der Waals surface area contributed by atoms with Crippen LogP contribution in [0.3, 0.4) is 0 Å². The van der Waals surface area contributed by atoms with Crippen LogP contribution in [-0.4, -0.2) is 16.8 Å². The molecule has 0 aliphatic rings. The second-order valence-electron chi connectivity index (χ2n) is 3.39. The molecule has 1 aromatic carbocycles. The molecule has 0 amide bonds. The Balaban J connectivity index is 3.00. The van der Waals surface area contributed by atoms with Crippen LogP contribution in [0.1, 0.15) is 23.6 Å². The molecule has 0 bridgehead atoms. The zero-order valence-corrected chi connectivity index (χ0v) is 8.33. The van der Waals surface area contributed by atoms with E-state index in [1.54, 1.807) is 0 Å². The Hall–Kier alpha value is -1.27. The maximum atomic E-state index is 12.3. The van der Waals surface area contributed by atoms with E-state index in [2.05, 4.69) is 0 Å². The van der Waals surface area contributed by atoms with Gasteiger partial charge >= 0.3 is 6.18 Å². The third kappa shape index (κ3) is 2.86. The maximum Gasteiger partial charge on any atom is 0.416 e. The molecule has 1 aromatic rings. The highest BCUT2D eigenvalue weighted by molar-refractivity contribution is 5.39. The van der Waals surface area contributed by atoms with E-state index >= 15 is 0 Å². The Kier molecular flexibility index (Phi) is 3.77. The van der Waals surface area contributed by atoms with Crippen molar-refractivity contribution in [2.24, 2.45) is 5.73 Å². The van der Waals surface area contributed by atoms with Crippen molar-refractivity contribution < 1.29 is 23.4 Å². The number of alkyl halides is 3. The highest BCUT2D eigenvalue weighted by Crippen LogP contribution is 2.34. The first-order valence-electron chi connectivity index (χ1n) is 4.63. The molecule has 16 heavy (non-hydrogen) atoms. The summed E-state index contributed by atoms with van der Waals surface area (Å²) in [5.41, 5.74) is 4.83. The summed E-state index contributed by atoms with van der Waals surface area (Å²) < 4.78 is 36.8. The van der Waals surface area contributed by atoms with Crippen molar-refractivity contribution >= 4 is 0 Å². The van der Waals surface area contributed by atoms with Crippen LogP contribution in [0.5, 0.6) is 5.75 Å². The van der Waals surface area contributed by atoms with Crippen molar-refractivity contribution in [1.82, 2.24) is 0 Å². The number of hydrogen-bond donors (Lipinski definition) is 3. The molecule has 1 unspecified atom stereocenters. The van der Waals surface area contributed by atoms with Crippen LogP contribution in [0.2, 0.25) is 0 Å². The van der Waals surface area contributed by atoms with Crippen LogP contribution >= 0.6 is 0 Å². The summed E-state index contributed by atoms with van der Waals surface area (Å²) in [6, 6.07) is 1.93. The van der Waals surface area contributed by atoms with Crippen molar-refractivity contribution in [1.29, 1.82) is 0 Å². The molecule has 4 N–H and O–H groups in total. The molecule has 0 aromatic heterocycles. The minimum atomic E-state index is -4.49. The number of nitrogens with two attached hydrogens (primary N) is 1. The second kappa shape index (κ2) is 4.71. The Morgan fingerprint density at radius 3 is 2.38 bits per heavy atom. The smallest absolute Gasteiger partial charge is 0.416 e. The van der Waals surface area contributed by atoms with Crippen molar-refractivity contribution in [3.63, 3.8) is 0 Å². The third-order valence-electron chi connectivity index (χ3n) is 2.20. The molecule has 1 atom stereocenters. The summed E-state index contributed by atoms with van der Waals surface area (Å²) in [6.45, 7) is -0.193. The fraction of sp³-hybridized carbons (Fsp3) is 0.400. The van der Waals surface area contributed by atoms with Gasteiger partial charge in [-0.15, -0.1) is 0 Å². The average molecular weight is 235 g/mol. The third-order valence-corrected chi connectivity index (χ3v) is 2.20. The summed E-state index contributed by atoms with van der Waals surface area (Å²) in [5.74, 6) is -0.504. The Bertz CT molecular complexity index is 366. The average Bonchev–Trinajstić information content (AvgIpc) is 2.16. The fourth-order valence-corrected chi connectivity index (χ4v) is 1.33. The minimum absolute atomic E-state index is 0.179. The van der Waals surface area contributed by atoms with E-state index in [9.17, 15) is 18.3 Å². The monoisotopic (exact) mass is 235 g/mol. The molecule has 0 aliphatic heterocycles. The van der Waals surface area contributed by atoms with E-state index in [1.165, 1.54) is 0 Å². The lowest BCUT2D eigenvalue weighted by Gasteiger charge is -2.14. The van der Waals surface area contributed by atoms with Crippen molar-refractivity contribution in [2.45, 2.75) is 18.6 Å². The van der Waals surface area contributed by atoms with Crippen molar-refractivity contribution in [2.75, 3.05) is 6.61 Å². The molecule has 0 spiro atoms. The molecule has 90 valence electrons. The number of benzene rings is 1. The Morgan fingerprint density at radius 2 is 1.94 bits per heavy atom. The number of rotatable bonds is 3. The number of phenolic OH excluding ortho intramolecular Hbond substituents is 1. The molecule has 1 rings (SSSR count). The van der Waals surface area contributed by atoms with Crippen LogP contribution in [-0.2, 0) is 6.18 Å². The highest BCUT2D eigenvalue weighted by Gasteiger charge is 2.31. The van der Waals surface area contributed by atoms with Crippen LogP contribution in [0, 0.1) is 0 Å². The van der Waals surface area contributed by atoms with Crippen LogP contribution in [0.4, 0.5) is 13.2 Å². The molecule has 6 heteroatoms. The van der Waals surface area contributed by atoms with Gasteiger partial charge in [-0.25, -0.2) is 0 Å². The summed E-state index contributed by atoms with van der Waals surface area (Å²) >= 11 is 0. The van der Waals surface area contributed by atoms with E-state index in [4.69, 9.17) is 10.8 Å². The van der Waals surface area contributed by atoms with Gasteiger partial charge in [0.15, 0.2) is 0 Å². The zero-order valence-electron chi connectivity index (χ0n) is 8.33. The topological polar surface area (TPSA) is 66.5 Å². The van der Waals surface area contributed by atoms with Gasteiger partial charge in [-0.2, -0.15) is 13.2 Å². The first kappa shape index (κ1) is 12.8. The lowest BCUT2D eigenvalue weighted by molar-refractivity contribution is -0.137. The number of phenols is 1. The van der Waals surface area contributed by atoms with Gasteiger partial charge in [-0.3, -0.25) is 0 Å². The second-order valence-corrected chi connectivity index (χ2v) is 3.39. The van der Waals surface area contributed by atoms with Gasteiger partial charge in [0.2, 0.25) is 0 Å². The molecule has 0 fully saturated rings. The van der Waals surface area contributed by atoms with Crippen LogP contribution in [0.15, 0.2) is 18.2 Å². The SMILES string of the molecule is NC(CCO)c1ccc(C(F)(F)F)cc1O. The van der Waals surface area contributed by atoms with Gasteiger partial charge in [0, 0.05) is 18.2 Å². The van der Waals surface area contributed by atoms with Gasteiger partial charge in [0.25, 0.3) is 0 Å². The minimum Gasteiger partial charge on any atom is -0.508 e. The van der Waals surface area contributed by atoms with Gasteiger partial charge in [-0.05, 0) is 18.6 Å². The van der Waals surface area contributed by atoms with E-state index in [-0.39, 0.29) is 18.6 Å². The lowest BCUT2D eigenvalue weighted by Crippen LogP contribution is -2.13. The molecular formula is C10H12F3NO2. The number of aliphatic hydroxyl groups excluding tert-OH is 1. The summed E-state index contributed by atoms with van der Waals surface area (Å²) in [4.78, 5) is 0. The van der Waals surface area contributed by atoms with Crippen LogP contribution < -0.4 is 5.73 Å². The first-order valence-corrected chi connectivity index (χ1v) is 4.63. The number of aliphatic hydroxyl groups is 1. The molecule has 0 aliphatic carbocycles. The molecular weight excluding hydrogens is 223 g/mol. The standard InChI is InChI=1S/C10H12F3NO2/c11-10(12,13)6-1-2-7(9(16)5-6)8(14)3-4-15/h1-2,5,8,15-16H,3-4,14H2. The number of aromatic hydroxyl groups is 1. The predicted octanol–water partition coefficient (Wildman–Crippen LogP) is 1.79. The van der Waals surface area contributed by atoms with E-state index < -0.39 is 23.5 Å². The molecule has 0 radical (unpaired) electrons. The predicted molar refractivity (Wildman–Crippen MR) is 51.7 cm³/mol.